The first-order chi connectivity index (χ1) is 9.24. The van der Waals surface area contributed by atoms with Gasteiger partial charge in [0.2, 0.25) is 0 Å². The number of nitrogens with zero attached hydrogens (tertiary/aromatic N) is 1. The van der Waals surface area contributed by atoms with Gasteiger partial charge in [0, 0.05) is 12.4 Å². The lowest BCUT2D eigenvalue weighted by Gasteiger charge is -2.06. The van der Waals surface area contributed by atoms with Crippen LogP contribution >= 0.6 is 11.6 Å². The molecule has 0 aliphatic heterocycles. The molecule has 19 heavy (non-hydrogen) atoms. The van der Waals surface area contributed by atoms with Crippen molar-refractivity contribution >= 4 is 22.4 Å². The van der Waals surface area contributed by atoms with E-state index in [1.165, 1.54) is 4.68 Å². The standard InChI is InChI=1S/C14H17ClN2O2/c15-9-5-1-2-6-10-17-14(19)12-8-4-3-7-11(12)13(18)16-17/h3-4,7-8H,1-2,5-6,9-10H2,(H,16,18). The molecule has 0 saturated heterocycles. The first-order valence-corrected chi connectivity index (χ1v) is 7.05. The van der Waals surface area contributed by atoms with Crippen LogP contribution in [-0.2, 0) is 6.54 Å². The van der Waals surface area contributed by atoms with Gasteiger partial charge in [-0.25, -0.2) is 4.68 Å². The van der Waals surface area contributed by atoms with E-state index in [2.05, 4.69) is 5.10 Å². The molecular formula is C14H17ClN2O2. The van der Waals surface area contributed by atoms with Crippen LogP contribution in [0.4, 0.5) is 0 Å². The topological polar surface area (TPSA) is 54.9 Å². The predicted octanol–water partition coefficient (Wildman–Crippen LogP) is 2.49. The van der Waals surface area contributed by atoms with Gasteiger partial charge < -0.3 is 0 Å². The molecule has 0 aliphatic rings. The monoisotopic (exact) mass is 280 g/mol. The second-order valence-electron chi connectivity index (χ2n) is 4.55. The van der Waals surface area contributed by atoms with Crippen molar-refractivity contribution in [2.45, 2.75) is 32.2 Å². The molecule has 0 bridgehead atoms. The van der Waals surface area contributed by atoms with Gasteiger partial charge in [-0.15, -0.1) is 11.6 Å². The Bertz CT molecular complexity index is 660. The maximum atomic E-state index is 12.2. The van der Waals surface area contributed by atoms with E-state index in [-0.39, 0.29) is 11.1 Å². The zero-order chi connectivity index (χ0) is 13.7. The summed E-state index contributed by atoms with van der Waals surface area (Å²) in [5.74, 6) is 0.673. The Morgan fingerprint density at radius 3 is 2.42 bits per heavy atom. The molecule has 0 spiro atoms. The van der Waals surface area contributed by atoms with E-state index < -0.39 is 0 Å². The van der Waals surface area contributed by atoms with Crippen LogP contribution in [0.15, 0.2) is 33.9 Å². The van der Waals surface area contributed by atoms with E-state index in [0.717, 1.165) is 25.7 Å². The molecule has 1 aromatic carbocycles. The highest BCUT2D eigenvalue weighted by atomic mass is 35.5. The van der Waals surface area contributed by atoms with Crippen LogP contribution in [0.5, 0.6) is 0 Å². The summed E-state index contributed by atoms with van der Waals surface area (Å²) in [6.07, 6.45) is 3.92. The lowest BCUT2D eigenvalue weighted by molar-refractivity contribution is 0.519. The van der Waals surface area contributed by atoms with Gasteiger partial charge in [-0.1, -0.05) is 25.0 Å². The second kappa shape index (κ2) is 6.57. The summed E-state index contributed by atoms with van der Waals surface area (Å²) in [6.45, 7) is 0.543. The molecule has 0 unspecified atom stereocenters. The Kier molecular flexibility index (Phi) is 4.80. The highest BCUT2D eigenvalue weighted by Gasteiger charge is 2.05. The van der Waals surface area contributed by atoms with Crippen LogP contribution in [0.25, 0.3) is 10.8 Å². The SMILES string of the molecule is O=c1[nH]n(CCCCCCCl)c(=O)c2ccccc12. The van der Waals surface area contributed by atoms with E-state index in [1.54, 1.807) is 24.3 Å². The Morgan fingerprint density at radius 2 is 1.68 bits per heavy atom. The molecule has 2 rings (SSSR count). The van der Waals surface area contributed by atoms with Crippen LogP contribution in [0, 0.1) is 0 Å². The molecule has 0 atom stereocenters. The van der Waals surface area contributed by atoms with Crippen molar-refractivity contribution in [1.82, 2.24) is 9.78 Å². The summed E-state index contributed by atoms with van der Waals surface area (Å²) >= 11 is 5.61. The number of nitrogens with one attached hydrogen (secondary N) is 1. The number of H-pyrrole nitrogens is 1. The van der Waals surface area contributed by atoms with Crippen molar-refractivity contribution in [1.29, 1.82) is 0 Å². The summed E-state index contributed by atoms with van der Waals surface area (Å²) in [6, 6.07) is 6.89. The fourth-order valence-corrected chi connectivity index (χ4v) is 2.31. The number of hydrogen-bond donors (Lipinski definition) is 1. The summed E-state index contributed by atoms with van der Waals surface area (Å²) in [7, 11) is 0. The maximum Gasteiger partial charge on any atom is 0.273 e. The number of alkyl halides is 1. The van der Waals surface area contributed by atoms with Gasteiger partial charge >= 0.3 is 0 Å². The third-order valence-corrected chi connectivity index (χ3v) is 3.42. The van der Waals surface area contributed by atoms with Crippen molar-refractivity contribution in [2.24, 2.45) is 0 Å². The van der Waals surface area contributed by atoms with Crippen molar-refractivity contribution in [3.63, 3.8) is 0 Å². The van der Waals surface area contributed by atoms with E-state index >= 15 is 0 Å². The molecule has 0 fully saturated rings. The smallest absolute Gasteiger partial charge is 0.267 e. The summed E-state index contributed by atoms with van der Waals surface area (Å²) in [5, 5.41) is 3.56. The van der Waals surface area contributed by atoms with Gasteiger partial charge in [0.1, 0.15) is 0 Å². The van der Waals surface area contributed by atoms with Crippen LogP contribution in [0.1, 0.15) is 25.7 Å². The summed E-state index contributed by atoms with van der Waals surface area (Å²) in [4.78, 5) is 24.0. The Morgan fingerprint density at radius 1 is 1.00 bits per heavy atom. The lowest BCUT2D eigenvalue weighted by Crippen LogP contribution is -2.29. The average Bonchev–Trinajstić information content (AvgIpc) is 2.44. The zero-order valence-corrected chi connectivity index (χ0v) is 11.4. The highest BCUT2D eigenvalue weighted by molar-refractivity contribution is 6.17. The molecule has 0 radical (unpaired) electrons. The molecule has 0 aliphatic carbocycles. The van der Waals surface area contributed by atoms with E-state index in [4.69, 9.17) is 11.6 Å². The molecule has 0 saturated carbocycles. The predicted molar refractivity (Wildman–Crippen MR) is 78.0 cm³/mol. The summed E-state index contributed by atoms with van der Waals surface area (Å²) in [5.41, 5.74) is -0.344. The first kappa shape index (κ1) is 13.9. The third-order valence-electron chi connectivity index (χ3n) is 3.15. The number of aromatic amines is 1. The lowest BCUT2D eigenvalue weighted by atomic mass is 10.2. The quantitative estimate of drug-likeness (QED) is 0.653. The summed E-state index contributed by atoms with van der Waals surface area (Å²) < 4.78 is 1.41. The van der Waals surface area contributed by atoms with Crippen molar-refractivity contribution in [3.8, 4) is 0 Å². The number of hydrogen-bond acceptors (Lipinski definition) is 2. The number of aromatic nitrogens is 2. The van der Waals surface area contributed by atoms with Gasteiger partial charge in [0.05, 0.1) is 10.8 Å². The van der Waals surface area contributed by atoms with Crippen molar-refractivity contribution < 1.29 is 0 Å². The van der Waals surface area contributed by atoms with Gasteiger partial charge in [0.15, 0.2) is 0 Å². The molecular weight excluding hydrogens is 264 g/mol. The van der Waals surface area contributed by atoms with Crippen LogP contribution in [0.3, 0.4) is 0 Å². The number of benzene rings is 1. The van der Waals surface area contributed by atoms with Crippen molar-refractivity contribution in [2.75, 3.05) is 5.88 Å². The first-order valence-electron chi connectivity index (χ1n) is 6.52. The molecule has 1 heterocycles. The average molecular weight is 281 g/mol. The molecule has 2 aromatic rings. The Labute approximate surface area is 116 Å². The molecule has 102 valence electrons. The molecule has 1 aromatic heterocycles. The van der Waals surface area contributed by atoms with Crippen molar-refractivity contribution in [3.05, 3.63) is 45.0 Å². The normalized spacial score (nSPS) is 11.0. The minimum Gasteiger partial charge on any atom is -0.267 e. The van der Waals surface area contributed by atoms with E-state index in [1.807, 2.05) is 0 Å². The second-order valence-corrected chi connectivity index (χ2v) is 4.92. The third kappa shape index (κ3) is 3.26. The van der Waals surface area contributed by atoms with Gasteiger partial charge in [-0.05, 0) is 25.0 Å². The maximum absolute atomic E-state index is 12.2. The Hall–Kier alpha value is -1.55. The van der Waals surface area contributed by atoms with E-state index in [9.17, 15) is 9.59 Å². The molecule has 0 amide bonds. The number of fused-ring (bicyclic) bond motifs is 1. The number of unbranched alkanes of at least 4 members (excludes halogenated alkanes) is 3. The molecule has 1 N–H and O–H groups in total. The van der Waals surface area contributed by atoms with Crippen LogP contribution in [0.2, 0.25) is 0 Å². The largest absolute Gasteiger partial charge is 0.273 e. The minimum absolute atomic E-state index is 0.132. The zero-order valence-electron chi connectivity index (χ0n) is 10.7. The number of rotatable bonds is 6. The molecule has 5 heteroatoms. The number of halogens is 1. The fourth-order valence-electron chi connectivity index (χ4n) is 2.12. The van der Waals surface area contributed by atoms with Gasteiger partial charge in [0.25, 0.3) is 11.1 Å². The van der Waals surface area contributed by atoms with Crippen LogP contribution in [-0.4, -0.2) is 15.7 Å². The number of aryl methyl sites for hydroxylation is 1. The molecule has 4 nitrogen and oxygen atoms in total. The van der Waals surface area contributed by atoms with Gasteiger partial charge in [-0.3, -0.25) is 14.7 Å². The fraction of sp³-hybridized carbons (Fsp3) is 0.429. The van der Waals surface area contributed by atoms with E-state index in [0.29, 0.717) is 23.2 Å². The Balaban J connectivity index is 2.18. The van der Waals surface area contributed by atoms with Crippen LogP contribution < -0.4 is 11.1 Å². The minimum atomic E-state index is -0.212. The van der Waals surface area contributed by atoms with Gasteiger partial charge in [-0.2, -0.15) is 0 Å². The highest BCUT2D eigenvalue weighted by Crippen LogP contribution is 2.04.